The number of ether oxygens (including phenoxy) is 6. The normalized spacial score (nSPS) is 11.3. The highest BCUT2D eigenvalue weighted by atomic mass is 16.7. The number of carboxylic acid groups (broad SMARTS) is 1. The molecule has 0 aliphatic heterocycles. The van der Waals surface area contributed by atoms with E-state index in [-0.39, 0.29) is 13.4 Å². The molecule has 8 nitrogen and oxygen atoms in total. The number of carbonyl (C=O) groups is 1. The van der Waals surface area contributed by atoms with E-state index < -0.39 is 5.97 Å². The Hall–Kier alpha value is -2.29. The van der Waals surface area contributed by atoms with Crippen molar-refractivity contribution in [2.24, 2.45) is 0 Å². The summed E-state index contributed by atoms with van der Waals surface area (Å²) < 4.78 is 31.5. The van der Waals surface area contributed by atoms with Crippen molar-refractivity contribution in [1.82, 2.24) is 0 Å². The number of hydrogen-bond donors (Lipinski definition) is 1. The minimum absolute atomic E-state index is 0.00861. The molecule has 140 valence electrons. The number of carboxylic acids is 1. The Kier molecular flexibility index (Phi) is 9.38. The molecule has 0 aliphatic rings. The molecule has 25 heavy (non-hydrogen) atoms. The van der Waals surface area contributed by atoms with Gasteiger partial charge in [0.05, 0.1) is 34.0 Å². The van der Waals surface area contributed by atoms with Crippen LogP contribution in [0.5, 0.6) is 17.2 Å². The van der Waals surface area contributed by atoms with E-state index in [4.69, 9.17) is 33.5 Å². The molecule has 0 radical (unpaired) electrons. The van der Waals surface area contributed by atoms with E-state index >= 15 is 0 Å². The van der Waals surface area contributed by atoms with Gasteiger partial charge in [-0.1, -0.05) is 0 Å². The topological polar surface area (TPSA) is 92.7 Å². The Balaban J connectivity index is 3.10. The second kappa shape index (κ2) is 11.3. The minimum Gasteiger partial charge on any atom is -0.493 e. The Morgan fingerprint density at radius 3 is 2.16 bits per heavy atom. The molecule has 0 spiro atoms. The van der Waals surface area contributed by atoms with E-state index in [0.29, 0.717) is 41.6 Å². The first-order valence-electron chi connectivity index (χ1n) is 7.45. The third-order valence-corrected chi connectivity index (χ3v) is 3.15. The van der Waals surface area contributed by atoms with E-state index in [9.17, 15) is 4.79 Å². The van der Waals surface area contributed by atoms with Crippen LogP contribution in [-0.2, 0) is 19.0 Å². The van der Waals surface area contributed by atoms with Crippen LogP contribution in [-0.4, -0.2) is 66.1 Å². The molecule has 1 aromatic carbocycles. The molecule has 0 fully saturated rings. The van der Waals surface area contributed by atoms with Crippen molar-refractivity contribution in [1.29, 1.82) is 0 Å². The lowest BCUT2D eigenvalue weighted by Crippen LogP contribution is -2.09. The summed E-state index contributed by atoms with van der Waals surface area (Å²) in [6.07, 6.45) is 1.08. The fraction of sp³-hybridized carbons (Fsp3) is 0.471. The Morgan fingerprint density at radius 2 is 1.68 bits per heavy atom. The quantitative estimate of drug-likeness (QED) is 0.344. The van der Waals surface area contributed by atoms with Gasteiger partial charge in [-0.3, -0.25) is 0 Å². The maximum atomic E-state index is 11.0. The van der Waals surface area contributed by atoms with Crippen LogP contribution in [0.25, 0.3) is 5.57 Å². The zero-order valence-corrected chi connectivity index (χ0v) is 14.9. The summed E-state index contributed by atoms with van der Waals surface area (Å²) in [6, 6.07) is 3.31. The van der Waals surface area contributed by atoms with Crippen molar-refractivity contribution < 1.29 is 38.3 Å². The summed E-state index contributed by atoms with van der Waals surface area (Å²) >= 11 is 0. The van der Waals surface area contributed by atoms with Gasteiger partial charge in [0, 0.05) is 20.3 Å². The molecular weight excluding hydrogens is 332 g/mol. The van der Waals surface area contributed by atoms with Gasteiger partial charge in [0.2, 0.25) is 5.75 Å². The highest BCUT2D eigenvalue weighted by Gasteiger charge is 2.17. The van der Waals surface area contributed by atoms with Crippen LogP contribution >= 0.6 is 0 Å². The highest BCUT2D eigenvalue weighted by molar-refractivity contribution is 5.90. The lowest BCUT2D eigenvalue weighted by atomic mass is 10.0. The molecule has 0 saturated heterocycles. The van der Waals surface area contributed by atoms with E-state index in [1.165, 1.54) is 21.3 Å². The van der Waals surface area contributed by atoms with Gasteiger partial charge in [-0.05, 0) is 23.3 Å². The first kappa shape index (κ1) is 20.8. The molecule has 0 unspecified atom stereocenters. The summed E-state index contributed by atoms with van der Waals surface area (Å²) in [5.41, 5.74) is 1.06. The molecule has 0 aromatic heterocycles. The maximum Gasteiger partial charge on any atom is 0.328 e. The first-order valence-corrected chi connectivity index (χ1v) is 7.45. The van der Waals surface area contributed by atoms with Crippen molar-refractivity contribution in [2.75, 3.05) is 55.1 Å². The maximum absolute atomic E-state index is 11.0. The van der Waals surface area contributed by atoms with E-state index in [1.807, 2.05) is 0 Å². The molecule has 0 atom stereocenters. The molecule has 1 aromatic rings. The van der Waals surface area contributed by atoms with Gasteiger partial charge in [-0.2, -0.15) is 0 Å². The van der Waals surface area contributed by atoms with Crippen LogP contribution in [0.1, 0.15) is 5.56 Å². The predicted octanol–water partition coefficient (Wildman–Crippen LogP) is 1.82. The van der Waals surface area contributed by atoms with Gasteiger partial charge < -0.3 is 33.5 Å². The van der Waals surface area contributed by atoms with Gasteiger partial charge >= 0.3 is 5.97 Å². The Labute approximate surface area is 146 Å². The van der Waals surface area contributed by atoms with Crippen LogP contribution in [0.3, 0.4) is 0 Å². The summed E-state index contributed by atoms with van der Waals surface area (Å²) in [6.45, 7) is 0.958. The fourth-order valence-electron chi connectivity index (χ4n) is 2.02. The average Bonchev–Trinajstić information content (AvgIpc) is 2.60. The van der Waals surface area contributed by atoms with Gasteiger partial charge in [0.1, 0.15) is 0 Å². The zero-order chi connectivity index (χ0) is 18.7. The molecule has 1 rings (SSSR count). The van der Waals surface area contributed by atoms with Crippen LogP contribution in [0.15, 0.2) is 18.2 Å². The fourth-order valence-corrected chi connectivity index (χ4v) is 2.02. The standard InChI is InChI=1S/C17H24O8/c1-20-5-6-24-11-25-17-14(22-3)7-12(8-15(17)23-4)13(10-21-2)9-16(18)19/h7-9H,5-6,10-11H2,1-4H3,(H,18,19). The average molecular weight is 356 g/mol. The van der Waals surface area contributed by atoms with Gasteiger partial charge in [-0.25, -0.2) is 4.79 Å². The third-order valence-electron chi connectivity index (χ3n) is 3.15. The van der Waals surface area contributed by atoms with Crippen molar-refractivity contribution in [3.63, 3.8) is 0 Å². The molecule has 0 heterocycles. The van der Waals surface area contributed by atoms with Gasteiger partial charge in [-0.15, -0.1) is 0 Å². The molecular formula is C17H24O8. The molecule has 0 saturated carbocycles. The third kappa shape index (κ3) is 6.61. The van der Waals surface area contributed by atoms with Gasteiger partial charge in [0.25, 0.3) is 0 Å². The molecule has 0 amide bonds. The summed E-state index contributed by atoms with van der Waals surface area (Å²) in [4.78, 5) is 11.0. The number of methoxy groups -OCH3 is 4. The van der Waals surface area contributed by atoms with Crippen molar-refractivity contribution in [2.45, 2.75) is 0 Å². The van der Waals surface area contributed by atoms with Crippen molar-refractivity contribution in [3.05, 3.63) is 23.8 Å². The number of benzene rings is 1. The summed E-state index contributed by atoms with van der Waals surface area (Å²) in [5.74, 6) is 0.0595. The van der Waals surface area contributed by atoms with Crippen molar-refractivity contribution in [3.8, 4) is 17.2 Å². The molecule has 8 heteroatoms. The summed E-state index contributed by atoms with van der Waals surface area (Å²) in [7, 11) is 6.03. The lowest BCUT2D eigenvalue weighted by molar-refractivity contribution is -0.131. The van der Waals surface area contributed by atoms with E-state index in [1.54, 1.807) is 19.2 Å². The lowest BCUT2D eigenvalue weighted by Gasteiger charge is -2.17. The van der Waals surface area contributed by atoms with Gasteiger partial charge in [0.15, 0.2) is 18.3 Å². The second-order valence-electron chi connectivity index (χ2n) is 4.81. The van der Waals surface area contributed by atoms with Crippen LogP contribution in [0.4, 0.5) is 0 Å². The second-order valence-corrected chi connectivity index (χ2v) is 4.81. The summed E-state index contributed by atoms with van der Waals surface area (Å²) in [5, 5.41) is 9.02. The number of aliphatic carboxylic acids is 1. The smallest absolute Gasteiger partial charge is 0.328 e. The van der Waals surface area contributed by atoms with Crippen LogP contribution in [0, 0.1) is 0 Å². The number of rotatable bonds is 12. The van der Waals surface area contributed by atoms with E-state index in [0.717, 1.165) is 6.08 Å². The zero-order valence-electron chi connectivity index (χ0n) is 14.9. The van der Waals surface area contributed by atoms with E-state index in [2.05, 4.69) is 0 Å². The van der Waals surface area contributed by atoms with Crippen LogP contribution < -0.4 is 14.2 Å². The predicted molar refractivity (Wildman–Crippen MR) is 90.4 cm³/mol. The molecule has 0 bridgehead atoms. The highest BCUT2D eigenvalue weighted by Crippen LogP contribution is 2.40. The first-order chi connectivity index (χ1) is 12.1. The van der Waals surface area contributed by atoms with Crippen LogP contribution in [0.2, 0.25) is 0 Å². The number of hydrogen-bond acceptors (Lipinski definition) is 7. The minimum atomic E-state index is -1.07. The SMILES string of the molecule is COCCOCOc1c(OC)cc(C(=CC(=O)O)COC)cc1OC. The largest absolute Gasteiger partial charge is 0.493 e. The Bertz CT molecular complexity index is 557. The van der Waals surface area contributed by atoms with Crippen molar-refractivity contribution >= 4 is 11.5 Å². The molecule has 1 N–H and O–H groups in total. The molecule has 0 aliphatic carbocycles. The monoisotopic (exact) mass is 356 g/mol. The Morgan fingerprint density at radius 1 is 1.04 bits per heavy atom.